The number of halogens is 1. The van der Waals surface area contributed by atoms with Gasteiger partial charge in [0, 0.05) is 11.6 Å². The van der Waals surface area contributed by atoms with Gasteiger partial charge in [-0.3, -0.25) is 13.9 Å². The zero-order valence-electron chi connectivity index (χ0n) is 20.6. The lowest BCUT2D eigenvalue weighted by Crippen LogP contribution is -2.38. The molecule has 4 aromatic rings. The maximum atomic E-state index is 13.6. The lowest BCUT2D eigenvalue weighted by Gasteiger charge is -2.26. The van der Waals surface area contributed by atoms with Crippen LogP contribution in [0.1, 0.15) is 21.5 Å². The Morgan fingerprint density at radius 3 is 2.16 bits per heavy atom. The van der Waals surface area contributed by atoms with E-state index in [9.17, 15) is 18.0 Å². The lowest BCUT2D eigenvalue weighted by atomic mass is 10.1. The van der Waals surface area contributed by atoms with Crippen LogP contribution in [-0.2, 0) is 21.4 Å². The maximum absolute atomic E-state index is 13.6. The number of anilines is 2. The Kier molecular flexibility index (Phi) is 8.45. The molecule has 0 radical (unpaired) electrons. The highest BCUT2D eigenvalue weighted by atomic mass is 35.5. The Labute approximate surface area is 227 Å². The minimum Gasteiger partial charge on any atom is -0.348 e. The second-order valence-electron chi connectivity index (χ2n) is 8.52. The summed E-state index contributed by atoms with van der Waals surface area (Å²) in [6.45, 7) is 1.53. The summed E-state index contributed by atoms with van der Waals surface area (Å²) in [5.41, 5.74) is 2.38. The summed E-state index contributed by atoms with van der Waals surface area (Å²) in [6, 6.07) is 28.7. The quantitative estimate of drug-likeness (QED) is 0.293. The standard InChI is InChI=1S/C29H26ClN3O4S/c1-21-18-23(30)16-17-27(21)33(38(36,37)24-12-6-3-7-13-24)20-28(34)32-26-15-9-8-14-25(26)29(35)31-19-22-10-4-2-5-11-22/h2-18H,19-20H2,1H3,(H,31,35)(H,32,34). The van der Waals surface area contributed by atoms with E-state index in [2.05, 4.69) is 10.6 Å². The number of carbonyl (C=O) groups is 2. The van der Waals surface area contributed by atoms with Gasteiger partial charge in [0.2, 0.25) is 5.91 Å². The molecule has 0 saturated heterocycles. The molecule has 0 unspecified atom stereocenters. The number of hydrogen-bond donors (Lipinski definition) is 2. The number of carbonyl (C=O) groups excluding carboxylic acids is 2. The molecule has 4 aromatic carbocycles. The average molecular weight is 548 g/mol. The third-order valence-corrected chi connectivity index (χ3v) is 7.80. The third kappa shape index (κ3) is 6.40. The molecule has 9 heteroatoms. The zero-order valence-corrected chi connectivity index (χ0v) is 22.2. The van der Waals surface area contributed by atoms with Crippen LogP contribution in [0, 0.1) is 6.92 Å². The monoisotopic (exact) mass is 547 g/mol. The van der Waals surface area contributed by atoms with Gasteiger partial charge in [0.15, 0.2) is 0 Å². The van der Waals surface area contributed by atoms with Crippen LogP contribution in [0.5, 0.6) is 0 Å². The van der Waals surface area contributed by atoms with Crippen LogP contribution < -0.4 is 14.9 Å². The first-order chi connectivity index (χ1) is 18.3. The minimum absolute atomic E-state index is 0.0443. The smallest absolute Gasteiger partial charge is 0.264 e. The summed E-state index contributed by atoms with van der Waals surface area (Å²) >= 11 is 6.09. The topological polar surface area (TPSA) is 95.6 Å². The van der Waals surface area contributed by atoms with Crippen molar-refractivity contribution in [2.75, 3.05) is 16.2 Å². The van der Waals surface area contributed by atoms with Gasteiger partial charge in [-0.2, -0.15) is 0 Å². The van der Waals surface area contributed by atoms with Gasteiger partial charge in [-0.1, -0.05) is 72.3 Å². The van der Waals surface area contributed by atoms with E-state index in [1.165, 1.54) is 12.1 Å². The number of para-hydroxylation sites is 1. The summed E-state index contributed by atoms with van der Waals surface area (Å²) < 4.78 is 28.2. The second-order valence-corrected chi connectivity index (χ2v) is 10.8. The number of aryl methyl sites for hydroxylation is 1. The van der Waals surface area contributed by atoms with Crippen molar-refractivity contribution in [3.05, 3.63) is 125 Å². The van der Waals surface area contributed by atoms with Gasteiger partial charge >= 0.3 is 0 Å². The van der Waals surface area contributed by atoms with Crippen LogP contribution >= 0.6 is 11.6 Å². The van der Waals surface area contributed by atoms with Crippen LogP contribution in [0.3, 0.4) is 0 Å². The highest BCUT2D eigenvalue weighted by Gasteiger charge is 2.28. The van der Waals surface area contributed by atoms with Crippen molar-refractivity contribution < 1.29 is 18.0 Å². The molecule has 0 heterocycles. The number of sulfonamides is 1. The number of amides is 2. The van der Waals surface area contributed by atoms with Crippen molar-refractivity contribution in [3.8, 4) is 0 Å². The maximum Gasteiger partial charge on any atom is 0.264 e. The third-order valence-electron chi connectivity index (χ3n) is 5.79. The van der Waals surface area contributed by atoms with Crippen molar-refractivity contribution >= 4 is 44.8 Å². The predicted molar refractivity (Wildman–Crippen MR) is 150 cm³/mol. The molecule has 0 saturated carbocycles. The van der Waals surface area contributed by atoms with Gasteiger partial charge in [0.1, 0.15) is 6.54 Å². The molecule has 0 atom stereocenters. The Bertz CT molecular complexity index is 1540. The van der Waals surface area contributed by atoms with Crippen LogP contribution in [0.15, 0.2) is 108 Å². The predicted octanol–water partition coefficient (Wildman–Crippen LogP) is 5.41. The van der Waals surface area contributed by atoms with Crippen molar-refractivity contribution in [2.24, 2.45) is 0 Å². The van der Waals surface area contributed by atoms with E-state index >= 15 is 0 Å². The van der Waals surface area contributed by atoms with Gasteiger partial charge in [-0.25, -0.2) is 8.42 Å². The Balaban J connectivity index is 1.58. The van der Waals surface area contributed by atoms with E-state index in [1.807, 2.05) is 30.3 Å². The van der Waals surface area contributed by atoms with E-state index in [0.717, 1.165) is 9.87 Å². The van der Waals surface area contributed by atoms with Gasteiger partial charge in [-0.15, -0.1) is 0 Å². The highest BCUT2D eigenvalue weighted by molar-refractivity contribution is 7.92. The number of rotatable bonds is 9. The SMILES string of the molecule is Cc1cc(Cl)ccc1N(CC(=O)Nc1ccccc1C(=O)NCc1ccccc1)S(=O)(=O)c1ccccc1. The van der Waals surface area contributed by atoms with Crippen molar-refractivity contribution in [2.45, 2.75) is 18.4 Å². The zero-order chi connectivity index (χ0) is 27.1. The largest absolute Gasteiger partial charge is 0.348 e. The molecule has 194 valence electrons. The molecule has 2 N–H and O–H groups in total. The van der Waals surface area contributed by atoms with Crippen molar-refractivity contribution in [3.63, 3.8) is 0 Å². The molecular formula is C29H26ClN3O4S. The Morgan fingerprint density at radius 2 is 1.47 bits per heavy atom. The normalized spacial score (nSPS) is 11.0. The number of hydrogen-bond acceptors (Lipinski definition) is 4. The molecule has 0 bridgehead atoms. The molecule has 0 spiro atoms. The van der Waals surface area contributed by atoms with E-state index in [0.29, 0.717) is 22.8 Å². The highest BCUT2D eigenvalue weighted by Crippen LogP contribution is 2.29. The van der Waals surface area contributed by atoms with Crippen molar-refractivity contribution in [1.82, 2.24) is 5.32 Å². The molecule has 7 nitrogen and oxygen atoms in total. The first-order valence-electron chi connectivity index (χ1n) is 11.8. The van der Waals surface area contributed by atoms with Crippen LogP contribution in [-0.4, -0.2) is 26.8 Å². The minimum atomic E-state index is -4.09. The summed E-state index contributed by atoms with van der Waals surface area (Å²) in [5, 5.41) is 6.00. The molecule has 4 rings (SSSR count). The molecule has 0 aliphatic rings. The fourth-order valence-corrected chi connectivity index (χ4v) is 5.63. The Morgan fingerprint density at radius 1 is 0.842 bits per heavy atom. The van der Waals surface area contributed by atoms with E-state index in [-0.39, 0.29) is 22.1 Å². The first kappa shape index (κ1) is 26.9. The van der Waals surface area contributed by atoms with Crippen LogP contribution in [0.25, 0.3) is 0 Å². The molecule has 0 aliphatic heterocycles. The summed E-state index contributed by atoms with van der Waals surface area (Å²) in [7, 11) is -4.09. The Hall–Kier alpha value is -4.14. The fourth-order valence-electron chi connectivity index (χ4n) is 3.90. The number of nitrogens with one attached hydrogen (secondary N) is 2. The van der Waals surface area contributed by atoms with Crippen LogP contribution in [0.4, 0.5) is 11.4 Å². The second kappa shape index (κ2) is 11.9. The summed E-state index contributed by atoms with van der Waals surface area (Å²) in [5.74, 6) is -0.978. The number of benzene rings is 4. The molecule has 0 fully saturated rings. The first-order valence-corrected chi connectivity index (χ1v) is 13.6. The fraction of sp³-hybridized carbons (Fsp3) is 0.103. The summed E-state index contributed by atoms with van der Waals surface area (Å²) in [4.78, 5) is 26.2. The van der Waals surface area contributed by atoms with Gasteiger partial charge in [0.25, 0.3) is 15.9 Å². The lowest BCUT2D eigenvalue weighted by molar-refractivity contribution is -0.114. The molecular weight excluding hydrogens is 522 g/mol. The van der Waals surface area contributed by atoms with E-state index in [1.54, 1.807) is 67.6 Å². The average Bonchev–Trinajstić information content (AvgIpc) is 2.92. The van der Waals surface area contributed by atoms with E-state index in [4.69, 9.17) is 11.6 Å². The van der Waals surface area contributed by atoms with Crippen molar-refractivity contribution in [1.29, 1.82) is 0 Å². The number of nitrogens with zero attached hydrogens (tertiary/aromatic N) is 1. The molecule has 0 aliphatic carbocycles. The van der Waals surface area contributed by atoms with E-state index < -0.39 is 22.5 Å². The van der Waals surface area contributed by atoms with Gasteiger partial charge in [0.05, 0.1) is 21.8 Å². The van der Waals surface area contributed by atoms with Gasteiger partial charge < -0.3 is 10.6 Å². The summed E-state index contributed by atoms with van der Waals surface area (Å²) in [6.07, 6.45) is 0. The molecule has 2 amide bonds. The van der Waals surface area contributed by atoms with Crippen LogP contribution in [0.2, 0.25) is 5.02 Å². The molecule has 38 heavy (non-hydrogen) atoms. The molecule has 0 aromatic heterocycles. The van der Waals surface area contributed by atoms with Gasteiger partial charge in [-0.05, 0) is 60.5 Å².